The van der Waals surface area contributed by atoms with Crippen LogP contribution in [0.4, 0.5) is 17.1 Å². The summed E-state index contributed by atoms with van der Waals surface area (Å²) in [5.74, 6) is 0. The Morgan fingerprint density at radius 2 is 0.741 bits per heavy atom. The Morgan fingerprint density at radius 1 is 0.296 bits per heavy atom. The maximum Gasteiger partial charge on any atom is 0.143 e. The smallest absolute Gasteiger partial charge is 0.143 e. The van der Waals surface area contributed by atoms with Gasteiger partial charge in [0.1, 0.15) is 11.2 Å². The number of fused-ring (bicyclic) bond motifs is 4. The van der Waals surface area contributed by atoms with Gasteiger partial charge in [-0.2, -0.15) is 0 Å². The SMILES string of the molecule is c1ccc(-c2ccc(-c3c4ccccc4cc4c3oc3cc(-c5ccc(-c6ccc(N(c7ccccc7)c7ccccc7)cc6)cc5)ccc34)cc2)cc1. The van der Waals surface area contributed by atoms with E-state index in [1.165, 1.54) is 33.0 Å². The summed E-state index contributed by atoms with van der Waals surface area (Å²) in [6.07, 6.45) is 0. The van der Waals surface area contributed by atoms with Crippen molar-refractivity contribution in [1.29, 1.82) is 0 Å². The van der Waals surface area contributed by atoms with Crippen molar-refractivity contribution in [2.75, 3.05) is 4.90 Å². The van der Waals surface area contributed by atoms with Crippen molar-refractivity contribution in [3.63, 3.8) is 0 Å². The monoisotopic (exact) mass is 689 g/mol. The summed E-state index contributed by atoms with van der Waals surface area (Å²) >= 11 is 0. The van der Waals surface area contributed by atoms with Crippen LogP contribution in [0, 0.1) is 0 Å². The topological polar surface area (TPSA) is 16.4 Å². The van der Waals surface area contributed by atoms with E-state index >= 15 is 0 Å². The fourth-order valence-electron chi connectivity index (χ4n) is 7.76. The van der Waals surface area contributed by atoms with E-state index < -0.39 is 0 Å². The number of para-hydroxylation sites is 2. The predicted octanol–water partition coefficient (Wildman–Crippen LogP) is 14.9. The van der Waals surface area contributed by atoms with Crippen molar-refractivity contribution in [2.24, 2.45) is 0 Å². The average molecular weight is 690 g/mol. The lowest BCUT2D eigenvalue weighted by Crippen LogP contribution is -2.09. The third-order valence-electron chi connectivity index (χ3n) is 10.5. The summed E-state index contributed by atoms with van der Waals surface area (Å²) in [5, 5.41) is 4.65. The molecule has 1 aromatic heterocycles. The maximum absolute atomic E-state index is 6.81. The number of anilines is 3. The van der Waals surface area contributed by atoms with Crippen molar-refractivity contribution < 1.29 is 4.42 Å². The number of hydrogen-bond donors (Lipinski definition) is 0. The van der Waals surface area contributed by atoms with Crippen LogP contribution in [0.1, 0.15) is 0 Å². The van der Waals surface area contributed by atoms with Crippen LogP contribution in [0.3, 0.4) is 0 Å². The molecule has 0 aliphatic carbocycles. The fraction of sp³-hybridized carbons (Fsp3) is 0. The highest BCUT2D eigenvalue weighted by atomic mass is 16.3. The van der Waals surface area contributed by atoms with E-state index in [-0.39, 0.29) is 0 Å². The van der Waals surface area contributed by atoms with E-state index in [1.807, 2.05) is 0 Å². The van der Waals surface area contributed by atoms with Gasteiger partial charge in [0.15, 0.2) is 0 Å². The summed E-state index contributed by atoms with van der Waals surface area (Å²) < 4.78 is 6.81. The van der Waals surface area contributed by atoms with Gasteiger partial charge in [-0.05, 0) is 104 Å². The fourth-order valence-corrected chi connectivity index (χ4v) is 7.76. The molecule has 2 heteroatoms. The molecule has 0 radical (unpaired) electrons. The average Bonchev–Trinajstić information content (AvgIpc) is 3.61. The first-order chi connectivity index (χ1) is 26.8. The standard InChI is InChI=1S/C52H35NO/c1-4-12-36(13-5-1)37-24-26-41(27-25-37)51-47-19-11-10-14-43(47)34-49-48-33-30-42(35-50(48)54-52(49)51)40-22-20-38(21-23-40)39-28-31-46(32-29-39)53(44-15-6-2-7-16-44)45-17-8-3-9-18-45/h1-35H. The van der Waals surface area contributed by atoms with Crippen molar-refractivity contribution in [2.45, 2.75) is 0 Å². The molecular weight excluding hydrogens is 655 g/mol. The van der Waals surface area contributed by atoms with Gasteiger partial charge in [0.2, 0.25) is 0 Å². The lowest BCUT2D eigenvalue weighted by atomic mass is 9.93. The van der Waals surface area contributed by atoms with Crippen molar-refractivity contribution >= 4 is 49.8 Å². The molecule has 0 N–H and O–H groups in total. The molecule has 0 aliphatic rings. The van der Waals surface area contributed by atoms with E-state index in [9.17, 15) is 0 Å². The normalized spacial score (nSPS) is 11.3. The third kappa shape index (κ3) is 5.71. The minimum absolute atomic E-state index is 0.890. The number of benzene rings is 9. The number of rotatable bonds is 7. The Bertz CT molecular complexity index is 2840. The summed E-state index contributed by atoms with van der Waals surface area (Å²) in [5.41, 5.74) is 14.5. The Balaban J connectivity index is 0.978. The van der Waals surface area contributed by atoms with Gasteiger partial charge in [-0.15, -0.1) is 0 Å². The molecule has 0 bridgehead atoms. The van der Waals surface area contributed by atoms with E-state index in [2.05, 4.69) is 217 Å². The Hall–Kier alpha value is -7.16. The quantitative estimate of drug-likeness (QED) is 0.166. The first-order valence-electron chi connectivity index (χ1n) is 18.4. The molecule has 0 aliphatic heterocycles. The maximum atomic E-state index is 6.81. The van der Waals surface area contributed by atoms with Crippen LogP contribution in [-0.2, 0) is 0 Å². The molecular formula is C52H35NO. The minimum atomic E-state index is 0.890. The molecule has 0 saturated carbocycles. The van der Waals surface area contributed by atoms with Crippen molar-refractivity contribution in [3.8, 4) is 44.5 Å². The molecule has 0 amide bonds. The highest BCUT2D eigenvalue weighted by Gasteiger charge is 2.18. The molecule has 10 aromatic rings. The molecule has 9 aromatic carbocycles. The molecule has 2 nitrogen and oxygen atoms in total. The van der Waals surface area contributed by atoms with Gasteiger partial charge >= 0.3 is 0 Å². The summed E-state index contributed by atoms with van der Waals surface area (Å²) in [6, 6.07) is 75.6. The van der Waals surface area contributed by atoms with Gasteiger partial charge in [-0.1, -0.05) is 158 Å². The zero-order valence-electron chi connectivity index (χ0n) is 29.6. The van der Waals surface area contributed by atoms with Crippen LogP contribution in [-0.4, -0.2) is 0 Å². The predicted molar refractivity (Wildman–Crippen MR) is 228 cm³/mol. The summed E-state index contributed by atoms with van der Waals surface area (Å²) in [4.78, 5) is 2.29. The van der Waals surface area contributed by atoms with E-state index in [0.717, 1.165) is 61.3 Å². The third-order valence-corrected chi connectivity index (χ3v) is 10.5. The second kappa shape index (κ2) is 13.4. The minimum Gasteiger partial charge on any atom is -0.455 e. The summed E-state index contributed by atoms with van der Waals surface area (Å²) in [7, 11) is 0. The van der Waals surface area contributed by atoms with Crippen LogP contribution in [0.2, 0.25) is 0 Å². The summed E-state index contributed by atoms with van der Waals surface area (Å²) in [6.45, 7) is 0. The molecule has 0 spiro atoms. The zero-order valence-corrected chi connectivity index (χ0v) is 29.6. The van der Waals surface area contributed by atoms with Gasteiger partial charge in [0.25, 0.3) is 0 Å². The van der Waals surface area contributed by atoms with E-state index in [1.54, 1.807) is 0 Å². The lowest BCUT2D eigenvalue weighted by molar-refractivity contribution is 0.670. The van der Waals surface area contributed by atoms with Gasteiger partial charge in [0, 0.05) is 33.4 Å². The highest BCUT2D eigenvalue weighted by Crippen LogP contribution is 2.43. The molecule has 0 fully saturated rings. The van der Waals surface area contributed by atoms with Crippen LogP contribution in [0.5, 0.6) is 0 Å². The Morgan fingerprint density at radius 3 is 1.35 bits per heavy atom. The molecule has 10 rings (SSSR count). The largest absolute Gasteiger partial charge is 0.455 e. The van der Waals surface area contributed by atoms with Gasteiger partial charge in [0.05, 0.1) is 0 Å². The van der Waals surface area contributed by atoms with E-state index in [4.69, 9.17) is 4.42 Å². The zero-order chi connectivity index (χ0) is 35.8. The number of nitrogens with zero attached hydrogens (tertiary/aromatic N) is 1. The first kappa shape index (κ1) is 31.6. The molecule has 1 heterocycles. The molecule has 254 valence electrons. The van der Waals surface area contributed by atoms with Crippen molar-refractivity contribution in [1.82, 2.24) is 0 Å². The number of hydrogen-bond acceptors (Lipinski definition) is 2. The second-order valence-corrected chi connectivity index (χ2v) is 13.7. The molecule has 0 atom stereocenters. The molecule has 0 saturated heterocycles. The van der Waals surface area contributed by atoms with Crippen molar-refractivity contribution in [3.05, 3.63) is 212 Å². The second-order valence-electron chi connectivity index (χ2n) is 13.7. The lowest BCUT2D eigenvalue weighted by Gasteiger charge is -2.25. The number of furan rings is 1. The van der Waals surface area contributed by atoms with Gasteiger partial charge < -0.3 is 9.32 Å². The van der Waals surface area contributed by atoms with Gasteiger partial charge in [-0.25, -0.2) is 0 Å². The van der Waals surface area contributed by atoms with Crippen LogP contribution >= 0.6 is 0 Å². The van der Waals surface area contributed by atoms with Crippen LogP contribution in [0.25, 0.3) is 77.2 Å². The van der Waals surface area contributed by atoms with Gasteiger partial charge in [-0.3, -0.25) is 0 Å². The van der Waals surface area contributed by atoms with E-state index in [0.29, 0.717) is 0 Å². The Labute approximate surface area is 314 Å². The highest BCUT2D eigenvalue weighted by molar-refractivity contribution is 6.18. The molecule has 54 heavy (non-hydrogen) atoms. The first-order valence-corrected chi connectivity index (χ1v) is 18.4. The Kier molecular flexibility index (Phi) is 7.85. The van der Waals surface area contributed by atoms with Crippen LogP contribution in [0.15, 0.2) is 217 Å². The molecule has 0 unspecified atom stereocenters. The van der Waals surface area contributed by atoms with Crippen LogP contribution < -0.4 is 4.90 Å².